The number of hydrogen-bond donors (Lipinski definition) is 7. The molecule has 1 aliphatic rings. The monoisotopic (exact) mass is 411 g/mol. The van der Waals surface area contributed by atoms with Gasteiger partial charge >= 0.3 is 5.97 Å². The summed E-state index contributed by atoms with van der Waals surface area (Å²) in [5.41, 5.74) is 0. The Morgan fingerprint density at radius 1 is 1.33 bits per heavy atom. The van der Waals surface area contributed by atoms with Crippen LogP contribution in [0.4, 0.5) is 0 Å². The van der Waals surface area contributed by atoms with Crippen LogP contribution in [0.2, 0.25) is 0 Å². The van der Waals surface area contributed by atoms with E-state index in [9.17, 15) is 30.0 Å². The fourth-order valence-corrected chi connectivity index (χ4v) is 2.30. The quantitative estimate of drug-likeness (QED) is 0.240. The fourth-order valence-electron chi connectivity index (χ4n) is 2.13. The molecule has 0 radical (unpaired) electrons. The number of aliphatic carboxylic acids is 1. The molecular formula is C11H16Cl3NO9. The minimum absolute atomic E-state index is 0.883. The molecule has 7 N–H and O–H groups in total. The number of carbonyl (C=O) groups excluding carboxylic acids is 1. The van der Waals surface area contributed by atoms with Crippen molar-refractivity contribution >= 4 is 46.7 Å². The van der Waals surface area contributed by atoms with Gasteiger partial charge in [0.2, 0.25) is 0 Å². The second kappa shape index (κ2) is 7.85. The average molecular weight is 413 g/mol. The lowest BCUT2D eigenvalue weighted by molar-refractivity contribution is -0.295. The third-order valence-electron chi connectivity index (χ3n) is 3.39. The molecule has 1 aliphatic heterocycles. The van der Waals surface area contributed by atoms with E-state index in [-0.39, 0.29) is 0 Å². The van der Waals surface area contributed by atoms with Gasteiger partial charge in [0.15, 0.2) is 0 Å². The molecule has 0 spiro atoms. The fraction of sp³-hybridized carbons (Fsp3) is 0.818. The molecule has 1 rings (SSSR count). The van der Waals surface area contributed by atoms with Gasteiger partial charge in [-0.15, -0.1) is 0 Å². The highest BCUT2D eigenvalue weighted by Gasteiger charge is 2.54. The number of carbonyl (C=O) groups is 2. The van der Waals surface area contributed by atoms with E-state index in [0.717, 1.165) is 0 Å². The van der Waals surface area contributed by atoms with E-state index >= 15 is 0 Å². The number of ether oxygens (including phenoxy) is 1. The van der Waals surface area contributed by atoms with E-state index in [4.69, 9.17) is 49.8 Å². The molecule has 1 saturated heterocycles. The molecule has 140 valence electrons. The Morgan fingerprint density at radius 3 is 2.29 bits per heavy atom. The maximum atomic E-state index is 11.7. The summed E-state index contributed by atoms with van der Waals surface area (Å²) in [6.07, 6.45) is -8.29. The summed E-state index contributed by atoms with van der Waals surface area (Å²) in [6.45, 7) is -0.951. The zero-order valence-electron chi connectivity index (χ0n) is 11.8. The number of nitrogens with one attached hydrogen (secondary N) is 1. The predicted octanol–water partition coefficient (Wildman–Crippen LogP) is -2.52. The molecular weight excluding hydrogens is 396 g/mol. The molecule has 0 aromatic heterocycles. The Morgan fingerprint density at radius 2 is 1.88 bits per heavy atom. The second-order valence-electron chi connectivity index (χ2n) is 5.18. The normalized spacial score (nSPS) is 33.6. The number of alkyl halides is 3. The van der Waals surface area contributed by atoms with E-state index in [1.807, 2.05) is 5.32 Å². The Hall–Kier alpha value is -0.430. The van der Waals surface area contributed by atoms with Crippen molar-refractivity contribution in [2.24, 2.45) is 0 Å². The highest BCUT2D eigenvalue weighted by molar-refractivity contribution is 6.76. The first-order chi connectivity index (χ1) is 10.8. The van der Waals surface area contributed by atoms with Crippen LogP contribution in [0.1, 0.15) is 6.42 Å². The molecule has 1 amide bonds. The number of rotatable bonds is 5. The van der Waals surface area contributed by atoms with Crippen LogP contribution < -0.4 is 5.32 Å². The summed E-state index contributed by atoms with van der Waals surface area (Å²) in [7, 11) is 0. The van der Waals surface area contributed by atoms with E-state index < -0.39 is 64.9 Å². The molecule has 0 saturated carbocycles. The second-order valence-corrected chi connectivity index (χ2v) is 7.46. The Balaban J connectivity index is 3.13. The molecule has 0 aromatic carbocycles. The average Bonchev–Trinajstić information content (AvgIpc) is 2.46. The highest BCUT2D eigenvalue weighted by Crippen LogP contribution is 2.32. The number of carboxylic acids is 1. The molecule has 1 fully saturated rings. The zero-order valence-corrected chi connectivity index (χ0v) is 14.1. The smallest absolute Gasteiger partial charge is 0.364 e. The van der Waals surface area contributed by atoms with Crippen molar-refractivity contribution in [2.75, 3.05) is 6.61 Å². The lowest BCUT2D eigenvalue weighted by Gasteiger charge is -2.44. The lowest BCUT2D eigenvalue weighted by atomic mass is 9.88. The first kappa shape index (κ1) is 21.6. The van der Waals surface area contributed by atoms with Gasteiger partial charge in [0.25, 0.3) is 15.5 Å². The number of aliphatic hydroxyl groups is 5. The predicted molar refractivity (Wildman–Crippen MR) is 79.4 cm³/mol. The summed E-state index contributed by atoms with van der Waals surface area (Å²) < 4.78 is 2.41. The number of hydrogen-bond acceptors (Lipinski definition) is 8. The Bertz CT molecular complexity index is 488. The standard InChI is InChI=1S/C11H16Cl3NO9/c12-11(13,14)8(20)15-5-3(17)1-10(23,9(21)22)24-7(5)6(19)4(18)2-16/h3-7,16-19,23H,1-2H2,(H,15,20)(H,21,22)/t3-,4+,5+,6+,7+,10?/m0/s1. The van der Waals surface area contributed by atoms with Crippen LogP contribution in [-0.4, -0.2) is 89.2 Å². The maximum absolute atomic E-state index is 11.7. The molecule has 6 atom stereocenters. The number of halogens is 3. The largest absolute Gasteiger partial charge is 0.477 e. The van der Waals surface area contributed by atoms with Gasteiger partial charge in [-0.3, -0.25) is 4.79 Å². The highest BCUT2D eigenvalue weighted by atomic mass is 35.6. The van der Waals surface area contributed by atoms with Crippen LogP contribution in [0.5, 0.6) is 0 Å². The Kier molecular flexibility index (Phi) is 7.07. The van der Waals surface area contributed by atoms with Gasteiger partial charge in [0.05, 0.1) is 18.8 Å². The van der Waals surface area contributed by atoms with Crippen LogP contribution in [0, 0.1) is 0 Å². The van der Waals surface area contributed by atoms with Gasteiger partial charge < -0.3 is 40.7 Å². The van der Waals surface area contributed by atoms with Crippen LogP contribution in [-0.2, 0) is 14.3 Å². The summed E-state index contributed by atoms with van der Waals surface area (Å²) in [4.78, 5) is 22.8. The van der Waals surface area contributed by atoms with Crippen molar-refractivity contribution in [1.29, 1.82) is 0 Å². The van der Waals surface area contributed by atoms with Crippen molar-refractivity contribution in [1.82, 2.24) is 5.32 Å². The van der Waals surface area contributed by atoms with Crippen molar-refractivity contribution in [3.8, 4) is 0 Å². The summed E-state index contributed by atoms with van der Waals surface area (Å²) >= 11 is 16.1. The van der Waals surface area contributed by atoms with Crippen molar-refractivity contribution in [2.45, 2.75) is 46.5 Å². The molecule has 0 bridgehead atoms. The summed E-state index contributed by atoms with van der Waals surface area (Å²) in [6, 6.07) is -1.55. The zero-order chi connectivity index (χ0) is 18.9. The van der Waals surface area contributed by atoms with Gasteiger partial charge in [-0.1, -0.05) is 34.8 Å². The Labute approximate surface area is 150 Å². The van der Waals surface area contributed by atoms with E-state index in [2.05, 4.69) is 0 Å². The number of carboxylic acid groups (broad SMARTS) is 1. The van der Waals surface area contributed by atoms with E-state index in [1.165, 1.54) is 0 Å². The molecule has 0 aliphatic carbocycles. The van der Waals surface area contributed by atoms with Crippen molar-refractivity contribution in [3.63, 3.8) is 0 Å². The molecule has 0 aromatic rings. The summed E-state index contributed by atoms with van der Waals surface area (Å²) in [5, 5.41) is 59.3. The first-order valence-corrected chi connectivity index (χ1v) is 7.63. The summed E-state index contributed by atoms with van der Waals surface area (Å²) in [5.74, 6) is -6.00. The minimum Gasteiger partial charge on any atom is -0.477 e. The maximum Gasteiger partial charge on any atom is 0.364 e. The molecule has 1 unspecified atom stereocenters. The van der Waals surface area contributed by atoms with Crippen LogP contribution in [0.3, 0.4) is 0 Å². The van der Waals surface area contributed by atoms with Crippen LogP contribution in [0.15, 0.2) is 0 Å². The molecule has 1 heterocycles. The topological polar surface area (TPSA) is 177 Å². The third-order valence-corrected chi connectivity index (χ3v) is 3.91. The molecule has 13 heteroatoms. The van der Waals surface area contributed by atoms with E-state index in [1.54, 1.807) is 0 Å². The van der Waals surface area contributed by atoms with Gasteiger partial charge in [0.1, 0.15) is 18.3 Å². The van der Waals surface area contributed by atoms with Gasteiger partial charge in [-0.25, -0.2) is 4.79 Å². The minimum atomic E-state index is -2.90. The first-order valence-electron chi connectivity index (χ1n) is 6.50. The molecule has 24 heavy (non-hydrogen) atoms. The molecule has 10 nitrogen and oxygen atoms in total. The SMILES string of the molecule is O=C(N[C@H]1[C@H]([C@H](O)[C@H](O)CO)OC(O)(C(=O)O)C[C@@H]1O)C(Cl)(Cl)Cl. The third kappa shape index (κ3) is 4.81. The number of amides is 1. The number of aliphatic hydroxyl groups excluding tert-OH is 4. The van der Waals surface area contributed by atoms with E-state index in [0.29, 0.717) is 0 Å². The van der Waals surface area contributed by atoms with Crippen LogP contribution in [0.25, 0.3) is 0 Å². The lowest BCUT2D eigenvalue weighted by Crippen LogP contribution is -2.68. The van der Waals surface area contributed by atoms with Gasteiger partial charge in [0, 0.05) is 6.42 Å². The van der Waals surface area contributed by atoms with Gasteiger partial charge in [-0.05, 0) is 0 Å². The van der Waals surface area contributed by atoms with Crippen LogP contribution >= 0.6 is 34.8 Å². The van der Waals surface area contributed by atoms with Gasteiger partial charge in [-0.2, -0.15) is 0 Å². The van der Waals surface area contributed by atoms with Crippen molar-refractivity contribution < 1.29 is 45.0 Å². The van der Waals surface area contributed by atoms with Crippen molar-refractivity contribution in [3.05, 3.63) is 0 Å².